The monoisotopic (exact) mass is 441 g/mol. The summed E-state index contributed by atoms with van der Waals surface area (Å²) < 4.78 is 18.3. The number of nitrogens with two attached hydrogens (primary N) is 1. The molecule has 0 aliphatic carbocycles. The fourth-order valence-corrected chi connectivity index (χ4v) is 3.77. The molecule has 0 radical (unpaired) electrons. The van der Waals surface area contributed by atoms with Crippen LogP contribution in [-0.2, 0) is 4.74 Å². The summed E-state index contributed by atoms with van der Waals surface area (Å²) in [4.78, 5) is 13.7. The van der Waals surface area contributed by atoms with E-state index in [2.05, 4.69) is 15.0 Å². The van der Waals surface area contributed by atoms with E-state index in [1.54, 1.807) is 26.7 Å². The van der Waals surface area contributed by atoms with E-state index in [4.69, 9.17) is 19.9 Å². The van der Waals surface area contributed by atoms with Crippen molar-refractivity contribution in [3.8, 4) is 28.6 Å². The number of rotatable bonds is 7. The first kappa shape index (κ1) is 20.7. The Hall–Kier alpha value is -4.17. The van der Waals surface area contributed by atoms with Gasteiger partial charge >= 0.3 is 0 Å². The topological polar surface area (TPSA) is 97.3 Å². The van der Waals surface area contributed by atoms with E-state index >= 15 is 0 Å². The molecule has 3 heterocycles. The number of imidazole rings is 1. The highest BCUT2D eigenvalue weighted by molar-refractivity contribution is 6.09. The van der Waals surface area contributed by atoms with Gasteiger partial charge in [-0.1, -0.05) is 30.3 Å². The first-order valence-corrected chi connectivity index (χ1v) is 10.5. The second-order valence-electron chi connectivity index (χ2n) is 7.48. The number of nitrogens with zero attached hydrogens (tertiary/aromatic N) is 4. The van der Waals surface area contributed by atoms with Crippen molar-refractivity contribution in [2.24, 2.45) is 0 Å². The van der Waals surface area contributed by atoms with Crippen molar-refractivity contribution >= 4 is 27.5 Å². The van der Waals surface area contributed by atoms with Crippen molar-refractivity contribution in [2.45, 2.75) is 0 Å². The maximum absolute atomic E-state index is 6.33. The molecule has 0 saturated heterocycles. The van der Waals surface area contributed by atoms with Gasteiger partial charge in [0.2, 0.25) is 0 Å². The van der Waals surface area contributed by atoms with Crippen LogP contribution in [0.2, 0.25) is 0 Å². The molecule has 8 heteroatoms. The Morgan fingerprint density at radius 1 is 0.909 bits per heavy atom. The molecule has 0 aliphatic heterocycles. The van der Waals surface area contributed by atoms with Gasteiger partial charge in [0, 0.05) is 47.3 Å². The third-order valence-electron chi connectivity index (χ3n) is 5.44. The number of hydrogen-bond donors (Lipinski definition) is 1. The molecule has 5 rings (SSSR count). The third-order valence-corrected chi connectivity index (χ3v) is 5.44. The minimum absolute atomic E-state index is 0.395. The van der Waals surface area contributed by atoms with Crippen molar-refractivity contribution in [1.29, 1.82) is 0 Å². The highest BCUT2D eigenvalue weighted by Crippen LogP contribution is 2.36. The smallest absolute Gasteiger partial charge is 0.163 e. The van der Waals surface area contributed by atoms with Crippen LogP contribution in [0.5, 0.6) is 11.5 Å². The minimum Gasteiger partial charge on any atom is -0.493 e. The van der Waals surface area contributed by atoms with Crippen LogP contribution >= 0.6 is 0 Å². The Labute approximate surface area is 190 Å². The SMILES string of the molecule is COCCOc1cc2ncc3c(N)nc(-n4cnc(-c5ccccc5)c4)cc3c2cc1OC. The van der Waals surface area contributed by atoms with E-state index in [0.717, 1.165) is 32.9 Å². The molecule has 0 unspecified atom stereocenters. The van der Waals surface area contributed by atoms with E-state index in [0.29, 0.717) is 36.3 Å². The lowest BCUT2D eigenvalue weighted by molar-refractivity contribution is 0.144. The van der Waals surface area contributed by atoms with Gasteiger partial charge in [-0.25, -0.2) is 9.97 Å². The van der Waals surface area contributed by atoms with Crippen LogP contribution in [0.1, 0.15) is 0 Å². The van der Waals surface area contributed by atoms with Gasteiger partial charge in [-0.3, -0.25) is 9.55 Å². The lowest BCUT2D eigenvalue weighted by atomic mass is 10.1. The fourth-order valence-electron chi connectivity index (χ4n) is 3.77. The third kappa shape index (κ3) is 3.92. The Morgan fingerprint density at radius 2 is 1.76 bits per heavy atom. The number of methoxy groups -OCH3 is 2. The van der Waals surface area contributed by atoms with Crippen LogP contribution < -0.4 is 15.2 Å². The van der Waals surface area contributed by atoms with Gasteiger partial charge in [-0.2, -0.15) is 0 Å². The average Bonchev–Trinajstić information content (AvgIpc) is 3.34. The Morgan fingerprint density at radius 3 is 2.55 bits per heavy atom. The molecule has 2 aromatic carbocycles. The van der Waals surface area contributed by atoms with Gasteiger partial charge in [-0.05, 0) is 12.1 Å². The molecule has 0 bridgehead atoms. The van der Waals surface area contributed by atoms with Gasteiger partial charge in [0.1, 0.15) is 24.6 Å². The molecule has 0 fully saturated rings. The highest BCUT2D eigenvalue weighted by Gasteiger charge is 2.14. The van der Waals surface area contributed by atoms with Gasteiger partial charge in [0.15, 0.2) is 11.5 Å². The number of hydrogen-bond acceptors (Lipinski definition) is 7. The summed E-state index contributed by atoms with van der Waals surface area (Å²) in [6.07, 6.45) is 5.41. The maximum Gasteiger partial charge on any atom is 0.163 e. The summed E-state index contributed by atoms with van der Waals surface area (Å²) in [7, 11) is 3.24. The molecule has 0 amide bonds. The Balaban J connectivity index is 1.62. The molecular weight excluding hydrogens is 418 g/mol. The summed E-state index contributed by atoms with van der Waals surface area (Å²) in [5.74, 6) is 2.28. The first-order valence-electron chi connectivity index (χ1n) is 10.5. The molecule has 2 N–H and O–H groups in total. The van der Waals surface area contributed by atoms with Crippen molar-refractivity contribution in [3.05, 3.63) is 67.3 Å². The Bertz CT molecular complexity index is 1430. The van der Waals surface area contributed by atoms with E-state index < -0.39 is 0 Å². The molecule has 8 nitrogen and oxygen atoms in total. The van der Waals surface area contributed by atoms with Gasteiger partial charge < -0.3 is 19.9 Å². The van der Waals surface area contributed by atoms with Crippen LogP contribution in [-0.4, -0.2) is 47.0 Å². The number of aromatic nitrogens is 4. The number of nitrogen functional groups attached to an aromatic ring is 1. The van der Waals surface area contributed by atoms with Crippen molar-refractivity contribution in [2.75, 3.05) is 33.2 Å². The molecular formula is C25H23N5O3. The van der Waals surface area contributed by atoms with Crippen LogP contribution in [0.15, 0.2) is 67.3 Å². The first-order chi connectivity index (χ1) is 16.2. The standard InChI is InChI=1S/C25H23N5O3/c1-31-8-9-33-23-12-20-18(10-22(23)32-2)17-11-24(29-25(26)19(17)13-27-20)30-14-21(28-15-30)16-6-4-3-5-7-16/h3-7,10-15H,8-9H2,1-2H3,(H2,26,29). The lowest BCUT2D eigenvalue weighted by Gasteiger charge is -2.13. The largest absolute Gasteiger partial charge is 0.493 e. The van der Waals surface area contributed by atoms with Crippen molar-refractivity contribution < 1.29 is 14.2 Å². The van der Waals surface area contributed by atoms with E-state index in [9.17, 15) is 0 Å². The lowest BCUT2D eigenvalue weighted by Crippen LogP contribution is -2.05. The van der Waals surface area contributed by atoms with Crippen LogP contribution in [0.3, 0.4) is 0 Å². The van der Waals surface area contributed by atoms with Crippen LogP contribution in [0.25, 0.3) is 38.8 Å². The number of ether oxygens (including phenoxy) is 3. The van der Waals surface area contributed by atoms with E-state index in [-0.39, 0.29) is 0 Å². The molecule has 0 aliphatic rings. The molecule has 0 saturated carbocycles. The van der Waals surface area contributed by atoms with Crippen LogP contribution in [0, 0.1) is 0 Å². The van der Waals surface area contributed by atoms with Gasteiger partial charge in [0.25, 0.3) is 0 Å². The van der Waals surface area contributed by atoms with E-state index in [1.807, 2.05) is 59.3 Å². The minimum atomic E-state index is 0.395. The average molecular weight is 441 g/mol. The summed E-state index contributed by atoms with van der Waals surface area (Å²) in [5.41, 5.74) is 8.99. The number of anilines is 1. The molecule has 166 valence electrons. The summed E-state index contributed by atoms with van der Waals surface area (Å²) in [6, 6.07) is 15.8. The zero-order valence-corrected chi connectivity index (χ0v) is 18.4. The molecule has 3 aromatic heterocycles. The predicted molar refractivity (Wildman–Crippen MR) is 128 cm³/mol. The highest BCUT2D eigenvalue weighted by atomic mass is 16.5. The normalized spacial score (nSPS) is 11.2. The number of pyridine rings is 2. The number of fused-ring (bicyclic) bond motifs is 3. The van der Waals surface area contributed by atoms with E-state index in [1.165, 1.54) is 0 Å². The van der Waals surface area contributed by atoms with Crippen LogP contribution in [0.4, 0.5) is 5.82 Å². The Kier molecular flexibility index (Phi) is 5.50. The second-order valence-corrected chi connectivity index (χ2v) is 7.48. The molecule has 0 spiro atoms. The van der Waals surface area contributed by atoms with Crippen molar-refractivity contribution in [1.82, 2.24) is 19.5 Å². The van der Waals surface area contributed by atoms with Gasteiger partial charge in [0.05, 0.1) is 24.9 Å². The van der Waals surface area contributed by atoms with Crippen molar-refractivity contribution in [3.63, 3.8) is 0 Å². The quantitative estimate of drug-likeness (QED) is 0.298. The zero-order valence-electron chi connectivity index (χ0n) is 18.4. The molecule has 5 aromatic rings. The number of benzene rings is 2. The summed E-state index contributed by atoms with van der Waals surface area (Å²) in [5, 5.41) is 2.58. The zero-order chi connectivity index (χ0) is 22.8. The predicted octanol–water partition coefficient (Wildman–Crippen LogP) is 4.25. The summed E-state index contributed by atoms with van der Waals surface area (Å²) >= 11 is 0. The van der Waals surface area contributed by atoms with Gasteiger partial charge in [-0.15, -0.1) is 0 Å². The second kappa shape index (κ2) is 8.76. The fraction of sp³-hybridized carbons (Fsp3) is 0.160. The molecule has 33 heavy (non-hydrogen) atoms. The maximum atomic E-state index is 6.33. The molecule has 0 atom stereocenters. The summed E-state index contributed by atoms with van der Waals surface area (Å²) in [6.45, 7) is 0.894.